The number of nitrogens with one attached hydrogen (secondary N) is 1. The summed E-state index contributed by atoms with van der Waals surface area (Å²) in [7, 11) is 1.84. The summed E-state index contributed by atoms with van der Waals surface area (Å²) in [6.07, 6.45) is 6.55. The van der Waals surface area contributed by atoms with E-state index in [4.69, 9.17) is 9.72 Å². The SMILES string of the molecule is Cc1nc(-c2nnn(C)c2CNc2ncnc(C3(C)CC3)n2)ccc1O[C@H]1CCCC(C(=O)O)C1. The van der Waals surface area contributed by atoms with Crippen LogP contribution in [0.1, 0.15) is 62.7 Å². The van der Waals surface area contributed by atoms with Crippen LogP contribution in [-0.4, -0.2) is 52.1 Å². The number of hydrogen-bond acceptors (Lipinski definition) is 9. The van der Waals surface area contributed by atoms with Gasteiger partial charge >= 0.3 is 5.97 Å². The summed E-state index contributed by atoms with van der Waals surface area (Å²) >= 11 is 0. The highest BCUT2D eigenvalue weighted by Gasteiger charge is 2.42. The molecule has 0 saturated heterocycles. The van der Waals surface area contributed by atoms with Crippen LogP contribution in [0.25, 0.3) is 11.4 Å². The Morgan fingerprint density at radius 2 is 2.09 bits per heavy atom. The molecule has 5 rings (SSSR count). The first kappa shape index (κ1) is 23.1. The van der Waals surface area contributed by atoms with Gasteiger partial charge in [0.2, 0.25) is 5.95 Å². The lowest BCUT2D eigenvalue weighted by atomic mass is 9.87. The molecule has 3 aromatic heterocycles. The Bertz CT molecular complexity index is 1240. The van der Waals surface area contributed by atoms with E-state index < -0.39 is 5.97 Å². The number of hydrogen-bond donors (Lipinski definition) is 2. The zero-order valence-corrected chi connectivity index (χ0v) is 20.2. The van der Waals surface area contributed by atoms with Gasteiger partial charge < -0.3 is 15.2 Å². The molecule has 184 valence electrons. The van der Waals surface area contributed by atoms with Crippen LogP contribution in [0.15, 0.2) is 18.5 Å². The standard InChI is InChI=1S/C24H30N8O3/c1-14-19(35-16-6-4-5-15(11-16)21(33)34)8-7-17(28-14)20-18(32(3)31-30-20)12-25-23-27-13-26-22(29-23)24(2)9-10-24/h7-8,13,15-16H,4-6,9-12H2,1-3H3,(H,33,34)(H,25,26,27,29)/t15?,16-/m0/s1. The highest BCUT2D eigenvalue weighted by Crippen LogP contribution is 2.45. The highest BCUT2D eigenvalue weighted by atomic mass is 16.5. The van der Waals surface area contributed by atoms with Crippen LogP contribution < -0.4 is 10.1 Å². The summed E-state index contributed by atoms with van der Waals surface area (Å²) < 4.78 is 7.85. The maximum atomic E-state index is 11.4. The first-order valence-electron chi connectivity index (χ1n) is 12.0. The molecule has 11 heteroatoms. The van der Waals surface area contributed by atoms with Crippen molar-refractivity contribution in [2.24, 2.45) is 13.0 Å². The minimum Gasteiger partial charge on any atom is -0.489 e. The molecule has 0 radical (unpaired) electrons. The van der Waals surface area contributed by atoms with Gasteiger partial charge in [0.1, 0.15) is 23.6 Å². The molecular formula is C24H30N8O3. The fourth-order valence-corrected chi connectivity index (χ4v) is 4.48. The van der Waals surface area contributed by atoms with Gasteiger partial charge in [-0.15, -0.1) is 5.10 Å². The molecule has 35 heavy (non-hydrogen) atoms. The maximum absolute atomic E-state index is 11.4. The van der Waals surface area contributed by atoms with Gasteiger partial charge in [0.25, 0.3) is 0 Å². The molecule has 11 nitrogen and oxygen atoms in total. The Hall–Kier alpha value is -3.63. The second kappa shape index (κ2) is 9.20. The van der Waals surface area contributed by atoms with E-state index in [0.717, 1.165) is 42.9 Å². The Morgan fingerprint density at radius 3 is 2.83 bits per heavy atom. The lowest BCUT2D eigenvalue weighted by molar-refractivity contribution is -0.143. The van der Waals surface area contributed by atoms with Crippen molar-refractivity contribution in [2.75, 3.05) is 5.32 Å². The highest BCUT2D eigenvalue weighted by molar-refractivity contribution is 5.70. The van der Waals surface area contributed by atoms with Crippen LogP contribution in [0.2, 0.25) is 0 Å². The molecule has 3 aromatic rings. The van der Waals surface area contributed by atoms with Gasteiger partial charge in [-0.1, -0.05) is 12.1 Å². The van der Waals surface area contributed by atoms with E-state index in [1.807, 2.05) is 26.1 Å². The number of carboxylic acids is 1. The monoisotopic (exact) mass is 478 g/mol. The van der Waals surface area contributed by atoms with Gasteiger partial charge in [-0.3, -0.25) is 4.79 Å². The molecule has 0 aromatic carbocycles. The van der Waals surface area contributed by atoms with Crippen molar-refractivity contribution in [2.45, 2.75) is 70.4 Å². The predicted octanol–water partition coefficient (Wildman–Crippen LogP) is 3.06. The van der Waals surface area contributed by atoms with Crippen molar-refractivity contribution in [3.8, 4) is 17.1 Å². The van der Waals surface area contributed by atoms with Crippen LogP contribution in [0.3, 0.4) is 0 Å². The third-order valence-corrected chi connectivity index (χ3v) is 7.02. The number of aliphatic carboxylic acids is 1. The Kier molecular flexibility index (Phi) is 6.08. The second-order valence-corrected chi connectivity index (χ2v) is 9.78. The average Bonchev–Trinajstić information content (AvgIpc) is 3.50. The van der Waals surface area contributed by atoms with E-state index >= 15 is 0 Å². The zero-order valence-electron chi connectivity index (χ0n) is 20.2. The van der Waals surface area contributed by atoms with E-state index in [1.165, 1.54) is 0 Å². The summed E-state index contributed by atoms with van der Waals surface area (Å²) in [5, 5.41) is 21.1. The third kappa shape index (κ3) is 4.94. The zero-order chi connectivity index (χ0) is 24.6. The third-order valence-electron chi connectivity index (χ3n) is 7.02. The van der Waals surface area contributed by atoms with Crippen molar-refractivity contribution < 1.29 is 14.6 Å². The predicted molar refractivity (Wildman–Crippen MR) is 127 cm³/mol. The molecule has 2 atom stereocenters. The Morgan fingerprint density at radius 1 is 1.26 bits per heavy atom. The van der Waals surface area contributed by atoms with Gasteiger partial charge in [-0.2, -0.15) is 4.98 Å². The number of carbonyl (C=O) groups is 1. The molecule has 2 aliphatic rings. The Labute approximate surface area is 203 Å². The average molecular weight is 479 g/mol. The molecule has 0 aliphatic heterocycles. The number of aryl methyl sites for hydroxylation is 2. The lowest BCUT2D eigenvalue weighted by Crippen LogP contribution is -2.29. The normalized spacial score (nSPS) is 20.9. The van der Waals surface area contributed by atoms with Crippen molar-refractivity contribution in [1.29, 1.82) is 0 Å². The molecule has 0 spiro atoms. The number of anilines is 1. The topological polar surface area (TPSA) is 141 Å². The number of pyridine rings is 1. The van der Waals surface area contributed by atoms with Gasteiger partial charge in [-0.25, -0.2) is 19.6 Å². The van der Waals surface area contributed by atoms with Crippen LogP contribution in [0.5, 0.6) is 5.75 Å². The fourth-order valence-electron chi connectivity index (χ4n) is 4.48. The van der Waals surface area contributed by atoms with Crippen molar-refractivity contribution >= 4 is 11.9 Å². The van der Waals surface area contributed by atoms with E-state index in [2.05, 4.69) is 37.5 Å². The minimum absolute atomic E-state index is 0.0655. The second-order valence-electron chi connectivity index (χ2n) is 9.78. The lowest BCUT2D eigenvalue weighted by Gasteiger charge is -2.27. The van der Waals surface area contributed by atoms with Gasteiger partial charge in [0.05, 0.1) is 35.6 Å². The molecule has 0 bridgehead atoms. The maximum Gasteiger partial charge on any atom is 0.306 e. The summed E-state index contributed by atoms with van der Waals surface area (Å²) in [6, 6.07) is 3.74. The minimum atomic E-state index is -0.748. The van der Waals surface area contributed by atoms with Crippen molar-refractivity contribution in [3.05, 3.63) is 35.7 Å². The molecule has 1 unspecified atom stereocenters. The summed E-state index contributed by atoms with van der Waals surface area (Å²) in [4.78, 5) is 29.3. The summed E-state index contributed by atoms with van der Waals surface area (Å²) in [5.41, 5.74) is 3.00. The van der Waals surface area contributed by atoms with Crippen molar-refractivity contribution in [1.82, 2.24) is 34.9 Å². The molecule has 2 fully saturated rings. The first-order chi connectivity index (χ1) is 16.8. The molecule has 0 amide bonds. The summed E-state index contributed by atoms with van der Waals surface area (Å²) in [6.45, 7) is 4.47. The van der Waals surface area contributed by atoms with E-state index in [-0.39, 0.29) is 17.4 Å². The first-order valence-corrected chi connectivity index (χ1v) is 12.0. The van der Waals surface area contributed by atoms with E-state index in [9.17, 15) is 9.90 Å². The number of nitrogens with zero attached hydrogens (tertiary/aromatic N) is 7. The van der Waals surface area contributed by atoms with Crippen LogP contribution in [0.4, 0.5) is 5.95 Å². The largest absolute Gasteiger partial charge is 0.489 e. The number of carboxylic acid groups (broad SMARTS) is 1. The van der Waals surface area contributed by atoms with Crippen LogP contribution in [0, 0.1) is 12.8 Å². The Balaban J connectivity index is 1.29. The van der Waals surface area contributed by atoms with E-state index in [0.29, 0.717) is 42.5 Å². The van der Waals surface area contributed by atoms with E-state index in [1.54, 1.807) is 11.0 Å². The molecule has 2 aliphatic carbocycles. The van der Waals surface area contributed by atoms with Crippen LogP contribution >= 0.6 is 0 Å². The molecule has 2 saturated carbocycles. The van der Waals surface area contributed by atoms with Gasteiger partial charge in [-0.05, 0) is 57.6 Å². The number of rotatable bonds is 8. The summed E-state index contributed by atoms with van der Waals surface area (Å²) in [5.74, 6) is 0.916. The number of ether oxygens (including phenoxy) is 1. The quantitative estimate of drug-likeness (QED) is 0.496. The molecule has 2 N–H and O–H groups in total. The number of aromatic nitrogens is 7. The molecular weight excluding hydrogens is 448 g/mol. The van der Waals surface area contributed by atoms with Gasteiger partial charge in [0, 0.05) is 12.5 Å². The molecule has 3 heterocycles. The van der Waals surface area contributed by atoms with Crippen LogP contribution in [-0.2, 0) is 23.8 Å². The van der Waals surface area contributed by atoms with Gasteiger partial charge in [0.15, 0.2) is 0 Å². The van der Waals surface area contributed by atoms with Crippen molar-refractivity contribution in [3.63, 3.8) is 0 Å². The smallest absolute Gasteiger partial charge is 0.306 e. The fraction of sp³-hybridized carbons (Fsp3) is 0.542.